The van der Waals surface area contributed by atoms with Crippen molar-refractivity contribution in [2.24, 2.45) is 0 Å². The van der Waals surface area contributed by atoms with Gasteiger partial charge in [-0.25, -0.2) is 0 Å². The van der Waals surface area contributed by atoms with Gasteiger partial charge in [-0.05, 0) is 18.2 Å². The maximum Gasteiger partial charge on any atom is 0.259 e. The molecule has 0 aliphatic carbocycles. The number of morpholine rings is 1. The Bertz CT molecular complexity index is 812. The normalized spacial score (nSPS) is 14.3. The van der Waals surface area contributed by atoms with E-state index in [0.717, 1.165) is 0 Å². The van der Waals surface area contributed by atoms with Gasteiger partial charge in [-0.15, -0.1) is 10.2 Å². The lowest BCUT2D eigenvalue weighted by Gasteiger charge is -2.26. The largest absolute Gasteiger partial charge is 0.378 e. The number of carbonyl (C=O) groups is 2. The Hall–Kier alpha value is -1.39. The van der Waals surface area contributed by atoms with Crippen LogP contribution in [0.4, 0.5) is 5.13 Å². The Balaban J connectivity index is 1.54. The number of halogens is 2. The van der Waals surface area contributed by atoms with Crippen molar-refractivity contribution in [3.05, 3.63) is 33.8 Å². The molecule has 2 amide bonds. The molecule has 1 aliphatic rings. The lowest BCUT2D eigenvalue weighted by molar-refractivity contribution is -0.132. The standard InChI is InChI=1S/C15H14Cl2N4O3S2/c16-9-1-2-10(11(17)7-9)13(23)18-14-19-20-15(26-14)25-8-12(22)21-3-5-24-6-4-21/h1-2,7H,3-6,8H2,(H,18,19,23). The average Bonchev–Trinajstić information content (AvgIpc) is 3.07. The van der Waals surface area contributed by atoms with E-state index in [9.17, 15) is 9.59 Å². The summed E-state index contributed by atoms with van der Waals surface area (Å²) in [5.41, 5.74) is 0.294. The second-order valence-electron chi connectivity index (χ2n) is 5.23. The van der Waals surface area contributed by atoms with E-state index in [1.165, 1.54) is 35.2 Å². The van der Waals surface area contributed by atoms with Crippen LogP contribution in [0.2, 0.25) is 10.0 Å². The van der Waals surface area contributed by atoms with Crippen LogP contribution >= 0.6 is 46.3 Å². The van der Waals surface area contributed by atoms with E-state index >= 15 is 0 Å². The third kappa shape index (κ3) is 5.08. The summed E-state index contributed by atoms with van der Waals surface area (Å²) in [7, 11) is 0. The number of anilines is 1. The van der Waals surface area contributed by atoms with Gasteiger partial charge in [0.1, 0.15) is 0 Å². The number of rotatable bonds is 5. The molecular formula is C15H14Cl2N4O3S2. The summed E-state index contributed by atoms with van der Waals surface area (Å²) in [6, 6.07) is 4.62. The third-order valence-electron chi connectivity index (χ3n) is 3.49. The van der Waals surface area contributed by atoms with Gasteiger partial charge in [-0.3, -0.25) is 14.9 Å². The van der Waals surface area contributed by atoms with Crippen molar-refractivity contribution >= 4 is 63.2 Å². The van der Waals surface area contributed by atoms with Gasteiger partial charge in [0.2, 0.25) is 11.0 Å². The minimum atomic E-state index is -0.399. The van der Waals surface area contributed by atoms with Crippen LogP contribution in [0.3, 0.4) is 0 Å². The molecule has 1 aromatic carbocycles. The van der Waals surface area contributed by atoms with Gasteiger partial charge in [-0.2, -0.15) is 0 Å². The Morgan fingerprint density at radius 2 is 2.04 bits per heavy atom. The van der Waals surface area contributed by atoms with Gasteiger partial charge in [0.15, 0.2) is 4.34 Å². The molecule has 0 saturated carbocycles. The first-order valence-electron chi connectivity index (χ1n) is 7.61. The van der Waals surface area contributed by atoms with Gasteiger partial charge in [0.05, 0.1) is 29.6 Å². The fourth-order valence-electron chi connectivity index (χ4n) is 2.18. The number of thioether (sulfide) groups is 1. The number of amides is 2. The van der Waals surface area contributed by atoms with Crippen molar-refractivity contribution in [2.75, 3.05) is 37.4 Å². The molecule has 1 aliphatic heterocycles. The summed E-state index contributed by atoms with van der Waals surface area (Å²) >= 11 is 14.3. The fourth-order valence-corrected chi connectivity index (χ4v) is 4.33. The van der Waals surface area contributed by atoms with Crippen molar-refractivity contribution in [3.63, 3.8) is 0 Å². The monoisotopic (exact) mass is 432 g/mol. The zero-order chi connectivity index (χ0) is 18.5. The molecule has 0 bridgehead atoms. The summed E-state index contributed by atoms with van der Waals surface area (Å²) in [4.78, 5) is 26.1. The maximum atomic E-state index is 12.2. The molecule has 138 valence electrons. The summed E-state index contributed by atoms with van der Waals surface area (Å²) in [5.74, 6) is -0.0956. The molecule has 11 heteroatoms. The van der Waals surface area contributed by atoms with E-state index in [0.29, 0.717) is 46.4 Å². The highest BCUT2D eigenvalue weighted by molar-refractivity contribution is 8.01. The van der Waals surface area contributed by atoms with E-state index in [1.54, 1.807) is 11.0 Å². The minimum absolute atomic E-state index is 0.0343. The van der Waals surface area contributed by atoms with E-state index in [2.05, 4.69) is 15.5 Å². The van der Waals surface area contributed by atoms with Crippen molar-refractivity contribution in [1.29, 1.82) is 0 Å². The smallest absolute Gasteiger partial charge is 0.259 e. The zero-order valence-electron chi connectivity index (χ0n) is 13.4. The van der Waals surface area contributed by atoms with Crippen LogP contribution in [0.15, 0.2) is 22.5 Å². The number of nitrogens with one attached hydrogen (secondary N) is 1. The molecule has 0 atom stereocenters. The molecule has 7 nitrogen and oxygen atoms in total. The topological polar surface area (TPSA) is 84.4 Å². The van der Waals surface area contributed by atoms with Crippen molar-refractivity contribution < 1.29 is 14.3 Å². The van der Waals surface area contributed by atoms with Gasteiger partial charge in [-0.1, -0.05) is 46.3 Å². The Morgan fingerprint density at radius 3 is 2.77 bits per heavy atom. The number of hydrogen-bond acceptors (Lipinski definition) is 7. The van der Waals surface area contributed by atoms with Crippen LogP contribution in [0.1, 0.15) is 10.4 Å². The second-order valence-corrected chi connectivity index (χ2v) is 8.28. The highest BCUT2D eigenvalue weighted by Gasteiger charge is 2.18. The highest BCUT2D eigenvalue weighted by atomic mass is 35.5. The lowest BCUT2D eigenvalue weighted by Crippen LogP contribution is -2.41. The molecule has 1 fully saturated rings. The van der Waals surface area contributed by atoms with Crippen molar-refractivity contribution in [2.45, 2.75) is 4.34 Å². The second kappa shape index (κ2) is 9.01. The highest BCUT2D eigenvalue weighted by Crippen LogP contribution is 2.27. The van der Waals surface area contributed by atoms with Crippen LogP contribution < -0.4 is 5.32 Å². The van der Waals surface area contributed by atoms with E-state index in [-0.39, 0.29) is 16.7 Å². The molecule has 26 heavy (non-hydrogen) atoms. The maximum absolute atomic E-state index is 12.2. The van der Waals surface area contributed by atoms with Crippen molar-refractivity contribution in [1.82, 2.24) is 15.1 Å². The van der Waals surface area contributed by atoms with E-state index in [1.807, 2.05) is 0 Å². The first-order valence-corrected chi connectivity index (χ1v) is 10.2. The Morgan fingerprint density at radius 1 is 1.27 bits per heavy atom. The van der Waals surface area contributed by atoms with Crippen molar-refractivity contribution in [3.8, 4) is 0 Å². The third-order valence-corrected chi connectivity index (χ3v) is 5.99. The van der Waals surface area contributed by atoms with E-state index in [4.69, 9.17) is 27.9 Å². The molecule has 1 N–H and O–H groups in total. The predicted octanol–water partition coefficient (Wildman–Crippen LogP) is 3.05. The summed E-state index contributed by atoms with van der Waals surface area (Å²) in [5, 5.41) is 11.6. The molecule has 0 unspecified atom stereocenters. The molecule has 1 aromatic heterocycles. The fraction of sp³-hybridized carbons (Fsp3) is 0.333. The first-order chi connectivity index (χ1) is 12.5. The zero-order valence-corrected chi connectivity index (χ0v) is 16.6. The Labute approximate surface area is 168 Å². The van der Waals surface area contributed by atoms with Crippen LogP contribution in [-0.4, -0.2) is 59.0 Å². The molecule has 0 spiro atoms. The van der Waals surface area contributed by atoms with Crippen LogP contribution in [0, 0.1) is 0 Å². The molecule has 1 saturated heterocycles. The number of nitrogens with zero attached hydrogens (tertiary/aromatic N) is 3. The predicted molar refractivity (Wildman–Crippen MR) is 102 cm³/mol. The number of hydrogen-bond donors (Lipinski definition) is 1. The van der Waals surface area contributed by atoms with Gasteiger partial charge < -0.3 is 9.64 Å². The summed E-state index contributed by atoms with van der Waals surface area (Å²) in [6.45, 7) is 2.36. The number of ether oxygens (including phenoxy) is 1. The quantitative estimate of drug-likeness (QED) is 0.577. The van der Waals surface area contributed by atoms with Crippen LogP contribution in [0.5, 0.6) is 0 Å². The molecule has 3 rings (SSSR count). The number of benzene rings is 1. The number of carbonyl (C=O) groups excluding carboxylic acids is 2. The minimum Gasteiger partial charge on any atom is -0.378 e. The number of aromatic nitrogens is 2. The summed E-state index contributed by atoms with van der Waals surface area (Å²) in [6.07, 6.45) is 0. The lowest BCUT2D eigenvalue weighted by atomic mass is 10.2. The van der Waals surface area contributed by atoms with Crippen LogP contribution in [0.25, 0.3) is 0 Å². The van der Waals surface area contributed by atoms with Gasteiger partial charge >= 0.3 is 0 Å². The Kier molecular flexibility index (Phi) is 6.71. The molecule has 2 heterocycles. The summed E-state index contributed by atoms with van der Waals surface area (Å²) < 4.78 is 5.83. The van der Waals surface area contributed by atoms with Crippen LogP contribution in [-0.2, 0) is 9.53 Å². The average molecular weight is 433 g/mol. The molecular weight excluding hydrogens is 419 g/mol. The molecule has 0 radical (unpaired) electrons. The first kappa shape index (κ1) is 19.4. The van der Waals surface area contributed by atoms with Gasteiger partial charge in [0, 0.05) is 18.1 Å². The molecule has 2 aromatic rings. The van der Waals surface area contributed by atoms with E-state index < -0.39 is 5.91 Å². The van der Waals surface area contributed by atoms with Gasteiger partial charge in [0.25, 0.3) is 5.91 Å². The SMILES string of the molecule is O=C(Nc1nnc(SCC(=O)N2CCOCC2)s1)c1ccc(Cl)cc1Cl.